The van der Waals surface area contributed by atoms with Crippen molar-refractivity contribution >= 4 is 6.29 Å². The van der Waals surface area contributed by atoms with Gasteiger partial charge in [0.25, 0.3) is 0 Å². The Labute approximate surface area is 125 Å². The van der Waals surface area contributed by atoms with Crippen molar-refractivity contribution in [2.45, 2.75) is 27.4 Å². The molecule has 0 aliphatic rings. The van der Waals surface area contributed by atoms with Crippen LogP contribution >= 0.6 is 0 Å². The monoisotopic (exact) mass is 284 g/mol. The number of benzene rings is 2. The number of ether oxygens (including phenoxy) is 2. The van der Waals surface area contributed by atoms with E-state index in [1.807, 2.05) is 26.8 Å². The predicted molar refractivity (Wildman–Crippen MR) is 83.2 cm³/mol. The lowest BCUT2D eigenvalue weighted by molar-refractivity contribution is 0.111. The van der Waals surface area contributed by atoms with Gasteiger partial charge in [-0.25, -0.2) is 0 Å². The van der Waals surface area contributed by atoms with Crippen LogP contribution in [0.4, 0.5) is 0 Å². The van der Waals surface area contributed by atoms with E-state index in [9.17, 15) is 4.79 Å². The molecule has 0 radical (unpaired) electrons. The van der Waals surface area contributed by atoms with Crippen LogP contribution in [0.1, 0.15) is 34.0 Å². The van der Waals surface area contributed by atoms with Gasteiger partial charge in [0.1, 0.15) is 6.61 Å². The second kappa shape index (κ2) is 6.93. The van der Waals surface area contributed by atoms with Crippen molar-refractivity contribution in [2.24, 2.45) is 0 Å². The van der Waals surface area contributed by atoms with Crippen LogP contribution in [0.5, 0.6) is 11.5 Å². The minimum Gasteiger partial charge on any atom is -0.490 e. The Bertz CT molecular complexity index is 632. The molecule has 0 N–H and O–H groups in total. The van der Waals surface area contributed by atoms with Gasteiger partial charge in [-0.1, -0.05) is 29.8 Å². The van der Waals surface area contributed by atoms with Gasteiger partial charge in [0.2, 0.25) is 0 Å². The zero-order valence-corrected chi connectivity index (χ0v) is 12.7. The Morgan fingerprint density at radius 1 is 1.10 bits per heavy atom. The second-order valence-corrected chi connectivity index (χ2v) is 4.94. The molecule has 0 saturated carbocycles. The number of hydrogen-bond donors (Lipinski definition) is 0. The Morgan fingerprint density at radius 3 is 2.62 bits per heavy atom. The molecular formula is C18H20O3. The average molecular weight is 284 g/mol. The van der Waals surface area contributed by atoms with E-state index in [0.29, 0.717) is 30.3 Å². The Kier molecular flexibility index (Phi) is 4.99. The molecule has 0 spiro atoms. The highest BCUT2D eigenvalue weighted by Gasteiger charge is 2.11. The summed E-state index contributed by atoms with van der Waals surface area (Å²) in [5.41, 5.74) is 3.97. The van der Waals surface area contributed by atoms with E-state index < -0.39 is 0 Å². The van der Waals surface area contributed by atoms with Gasteiger partial charge in [0, 0.05) is 0 Å². The molecule has 0 amide bonds. The average Bonchev–Trinajstić information content (AvgIpc) is 2.49. The van der Waals surface area contributed by atoms with Crippen LogP contribution < -0.4 is 9.47 Å². The number of para-hydroxylation sites is 1. The highest BCUT2D eigenvalue weighted by molar-refractivity contribution is 5.81. The molecule has 21 heavy (non-hydrogen) atoms. The number of rotatable bonds is 6. The molecule has 2 rings (SSSR count). The van der Waals surface area contributed by atoms with E-state index >= 15 is 0 Å². The lowest BCUT2D eigenvalue weighted by atomic mass is 10.1. The van der Waals surface area contributed by atoms with Crippen LogP contribution in [-0.2, 0) is 6.61 Å². The van der Waals surface area contributed by atoms with Crippen molar-refractivity contribution in [3.63, 3.8) is 0 Å². The maximum atomic E-state index is 11.2. The first-order valence-corrected chi connectivity index (χ1v) is 7.05. The van der Waals surface area contributed by atoms with Gasteiger partial charge in [-0.2, -0.15) is 0 Å². The van der Waals surface area contributed by atoms with Gasteiger partial charge in [0.05, 0.1) is 12.2 Å². The molecule has 0 aliphatic carbocycles. The summed E-state index contributed by atoms with van der Waals surface area (Å²) in [5.74, 6) is 1.11. The van der Waals surface area contributed by atoms with Gasteiger partial charge >= 0.3 is 0 Å². The van der Waals surface area contributed by atoms with E-state index in [0.717, 1.165) is 11.8 Å². The topological polar surface area (TPSA) is 35.5 Å². The smallest absolute Gasteiger partial charge is 0.172 e. The molecule has 0 aromatic heterocycles. The van der Waals surface area contributed by atoms with Gasteiger partial charge in [-0.3, -0.25) is 4.79 Å². The highest BCUT2D eigenvalue weighted by atomic mass is 16.5. The largest absolute Gasteiger partial charge is 0.490 e. The molecule has 0 fully saturated rings. The minimum absolute atomic E-state index is 0.415. The number of aldehydes is 1. The molecule has 0 heterocycles. The van der Waals surface area contributed by atoms with Crippen molar-refractivity contribution in [3.05, 3.63) is 58.7 Å². The minimum atomic E-state index is 0.415. The van der Waals surface area contributed by atoms with Gasteiger partial charge in [0.15, 0.2) is 17.8 Å². The second-order valence-electron chi connectivity index (χ2n) is 4.94. The Balaban J connectivity index is 2.26. The molecule has 0 bridgehead atoms. The van der Waals surface area contributed by atoms with E-state index in [2.05, 4.69) is 18.2 Å². The number of aryl methyl sites for hydroxylation is 2. The summed E-state index contributed by atoms with van der Waals surface area (Å²) in [7, 11) is 0. The first-order valence-electron chi connectivity index (χ1n) is 7.05. The van der Waals surface area contributed by atoms with E-state index in [1.165, 1.54) is 11.1 Å². The first kappa shape index (κ1) is 15.1. The Hall–Kier alpha value is -2.29. The van der Waals surface area contributed by atoms with Gasteiger partial charge < -0.3 is 9.47 Å². The van der Waals surface area contributed by atoms with Crippen molar-refractivity contribution in [1.82, 2.24) is 0 Å². The maximum absolute atomic E-state index is 11.2. The summed E-state index contributed by atoms with van der Waals surface area (Å²) in [6.07, 6.45) is 0.793. The molecule has 0 aliphatic heterocycles. The van der Waals surface area contributed by atoms with Crippen molar-refractivity contribution in [1.29, 1.82) is 0 Å². The standard InChI is InChI=1S/C18H20O3/c1-4-20-17-7-5-6-15(11-19)18(17)21-12-16-10-13(2)8-9-14(16)3/h5-11H,4,12H2,1-3H3. The molecule has 2 aromatic carbocycles. The third-order valence-corrected chi connectivity index (χ3v) is 3.31. The highest BCUT2D eigenvalue weighted by Crippen LogP contribution is 2.31. The van der Waals surface area contributed by atoms with Gasteiger partial charge in [-0.15, -0.1) is 0 Å². The molecular weight excluding hydrogens is 264 g/mol. The van der Waals surface area contributed by atoms with Gasteiger partial charge in [-0.05, 0) is 44.0 Å². The fraction of sp³-hybridized carbons (Fsp3) is 0.278. The Morgan fingerprint density at radius 2 is 1.90 bits per heavy atom. The SMILES string of the molecule is CCOc1cccc(C=O)c1OCc1cc(C)ccc1C. The summed E-state index contributed by atoms with van der Waals surface area (Å²) in [4.78, 5) is 11.2. The maximum Gasteiger partial charge on any atom is 0.172 e. The van der Waals surface area contributed by atoms with Crippen molar-refractivity contribution in [2.75, 3.05) is 6.61 Å². The first-order chi connectivity index (χ1) is 10.2. The fourth-order valence-corrected chi connectivity index (χ4v) is 2.15. The third kappa shape index (κ3) is 3.63. The van der Waals surface area contributed by atoms with E-state index in [4.69, 9.17) is 9.47 Å². The predicted octanol–water partition coefficient (Wildman–Crippen LogP) is 4.09. The summed E-state index contributed by atoms with van der Waals surface area (Å²) in [6.45, 7) is 6.95. The third-order valence-electron chi connectivity index (χ3n) is 3.31. The number of carbonyl (C=O) groups is 1. The van der Waals surface area contributed by atoms with E-state index in [1.54, 1.807) is 12.1 Å². The normalized spacial score (nSPS) is 10.2. The molecule has 0 saturated heterocycles. The molecule has 110 valence electrons. The summed E-state index contributed by atoms with van der Waals surface area (Å²) in [6, 6.07) is 11.6. The zero-order chi connectivity index (χ0) is 15.2. The fourth-order valence-electron chi connectivity index (χ4n) is 2.15. The summed E-state index contributed by atoms with van der Waals surface area (Å²) in [5, 5.41) is 0. The molecule has 3 heteroatoms. The number of hydrogen-bond acceptors (Lipinski definition) is 3. The zero-order valence-electron chi connectivity index (χ0n) is 12.7. The van der Waals surface area contributed by atoms with Crippen LogP contribution in [0.15, 0.2) is 36.4 Å². The number of carbonyl (C=O) groups excluding carboxylic acids is 1. The lowest BCUT2D eigenvalue weighted by Crippen LogP contribution is -2.03. The summed E-state index contributed by atoms with van der Waals surface area (Å²) < 4.78 is 11.4. The molecule has 0 unspecified atom stereocenters. The van der Waals surface area contributed by atoms with Crippen LogP contribution in [0.3, 0.4) is 0 Å². The van der Waals surface area contributed by atoms with E-state index in [-0.39, 0.29) is 0 Å². The van der Waals surface area contributed by atoms with Crippen molar-refractivity contribution in [3.8, 4) is 11.5 Å². The summed E-state index contributed by atoms with van der Waals surface area (Å²) >= 11 is 0. The van der Waals surface area contributed by atoms with Crippen LogP contribution in [0.25, 0.3) is 0 Å². The lowest BCUT2D eigenvalue weighted by Gasteiger charge is -2.15. The van der Waals surface area contributed by atoms with Crippen molar-refractivity contribution < 1.29 is 14.3 Å². The molecule has 3 nitrogen and oxygen atoms in total. The quantitative estimate of drug-likeness (QED) is 0.749. The molecule has 2 aromatic rings. The van der Waals surface area contributed by atoms with Crippen LogP contribution in [0.2, 0.25) is 0 Å². The molecule has 0 atom stereocenters. The van der Waals surface area contributed by atoms with Crippen LogP contribution in [0, 0.1) is 13.8 Å². The van der Waals surface area contributed by atoms with Crippen LogP contribution in [-0.4, -0.2) is 12.9 Å².